The van der Waals surface area contributed by atoms with E-state index in [4.69, 9.17) is 5.26 Å². The van der Waals surface area contributed by atoms with Crippen LogP contribution < -0.4 is 5.32 Å². The molecule has 17 heavy (non-hydrogen) atoms. The number of nitriles is 1. The molecule has 0 spiro atoms. The Labute approximate surface area is 99.9 Å². The molecule has 1 aromatic rings. The molecule has 0 aliphatic heterocycles. The molecule has 0 unspecified atom stereocenters. The molecule has 1 heterocycles. The van der Waals surface area contributed by atoms with Gasteiger partial charge in [0.15, 0.2) is 14.7 Å². The zero-order valence-electron chi connectivity index (χ0n) is 9.45. The van der Waals surface area contributed by atoms with Crippen LogP contribution in [0.4, 0.5) is 5.95 Å². The standard InChI is InChI=1S/C10H12N4O2S/c1-8(2)17(15,16)9(6-11)7-14-10-12-4-3-5-13-10/h3-5,7-8H,1-2H3,(H,12,13,14). The van der Waals surface area contributed by atoms with E-state index < -0.39 is 15.1 Å². The summed E-state index contributed by atoms with van der Waals surface area (Å²) in [4.78, 5) is 7.35. The summed E-state index contributed by atoms with van der Waals surface area (Å²) >= 11 is 0. The zero-order valence-corrected chi connectivity index (χ0v) is 10.3. The largest absolute Gasteiger partial charge is 0.329 e. The van der Waals surface area contributed by atoms with Gasteiger partial charge < -0.3 is 5.32 Å². The molecule has 0 aliphatic carbocycles. The molecule has 0 amide bonds. The SMILES string of the molecule is CC(C)S(=O)(=O)C(C#N)=CNc1ncccn1. The molecule has 6 nitrogen and oxygen atoms in total. The van der Waals surface area contributed by atoms with Crippen LogP contribution in [0.1, 0.15) is 13.8 Å². The van der Waals surface area contributed by atoms with E-state index in [1.165, 1.54) is 26.2 Å². The Bertz CT molecular complexity index is 543. The highest BCUT2D eigenvalue weighted by Crippen LogP contribution is 2.12. The van der Waals surface area contributed by atoms with Crippen LogP contribution in [0.3, 0.4) is 0 Å². The molecule has 1 N–H and O–H groups in total. The maximum absolute atomic E-state index is 11.7. The van der Waals surface area contributed by atoms with E-state index in [9.17, 15) is 8.42 Å². The zero-order chi connectivity index (χ0) is 12.9. The highest BCUT2D eigenvalue weighted by atomic mass is 32.2. The van der Waals surface area contributed by atoms with Crippen LogP contribution in [0.25, 0.3) is 0 Å². The first kappa shape index (κ1) is 13.1. The minimum Gasteiger partial charge on any atom is -0.329 e. The maximum atomic E-state index is 11.7. The second-order valence-electron chi connectivity index (χ2n) is 3.43. The summed E-state index contributed by atoms with van der Waals surface area (Å²) < 4.78 is 23.4. The van der Waals surface area contributed by atoms with Crippen molar-refractivity contribution in [1.29, 1.82) is 5.26 Å². The number of sulfone groups is 1. The van der Waals surface area contributed by atoms with Gasteiger partial charge in [0.25, 0.3) is 0 Å². The second kappa shape index (κ2) is 5.41. The molecule has 0 saturated heterocycles. The summed E-state index contributed by atoms with van der Waals surface area (Å²) in [6.07, 6.45) is 4.11. The average Bonchev–Trinajstić information content (AvgIpc) is 2.30. The number of hydrogen-bond donors (Lipinski definition) is 1. The first-order valence-corrected chi connectivity index (χ1v) is 6.41. The van der Waals surface area contributed by atoms with Gasteiger partial charge in [-0.1, -0.05) is 0 Å². The molecule has 0 bridgehead atoms. The van der Waals surface area contributed by atoms with Gasteiger partial charge in [0.2, 0.25) is 5.95 Å². The third kappa shape index (κ3) is 3.26. The summed E-state index contributed by atoms with van der Waals surface area (Å²) in [6.45, 7) is 3.03. The Hall–Kier alpha value is -1.94. The topological polar surface area (TPSA) is 95.7 Å². The van der Waals surface area contributed by atoms with Crippen LogP contribution in [0.15, 0.2) is 29.6 Å². The van der Waals surface area contributed by atoms with Crippen LogP contribution in [-0.2, 0) is 9.84 Å². The smallest absolute Gasteiger partial charge is 0.226 e. The van der Waals surface area contributed by atoms with Gasteiger partial charge in [-0.05, 0) is 19.9 Å². The Morgan fingerprint density at radius 1 is 1.47 bits per heavy atom. The maximum Gasteiger partial charge on any atom is 0.226 e. The third-order valence-corrected chi connectivity index (χ3v) is 4.00. The van der Waals surface area contributed by atoms with Gasteiger partial charge in [0.1, 0.15) is 6.07 Å². The number of allylic oxidation sites excluding steroid dienone is 1. The molecule has 0 fully saturated rings. The van der Waals surface area contributed by atoms with Crippen molar-refractivity contribution in [2.24, 2.45) is 0 Å². The first-order chi connectivity index (χ1) is 7.98. The van der Waals surface area contributed by atoms with Gasteiger partial charge in [0, 0.05) is 18.6 Å². The summed E-state index contributed by atoms with van der Waals surface area (Å²) in [5.41, 5.74) is 0. The molecular formula is C10H12N4O2S. The second-order valence-corrected chi connectivity index (χ2v) is 5.90. The number of hydrogen-bond acceptors (Lipinski definition) is 6. The van der Waals surface area contributed by atoms with Crippen molar-refractivity contribution in [3.8, 4) is 6.07 Å². The molecule has 1 aromatic heterocycles. The number of anilines is 1. The van der Waals surface area contributed by atoms with Gasteiger partial charge in [0.05, 0.1) is 5.25 Å². The number of nitrogens with one attached hydrogen (secondary N) is 1. The van der Waals surface area contributed by atoms with E-state index in [2.05, 4.69) is 15.3 Å². The Kier molecular flexibility index (Phi) is 4.17. The van der Waals surface area contributed by atoms with Crippen LogP contribution in [0.5, 0.6) is 0 Å². The number of rotatable bonds is 4. The molecule has 7 heteroatoms. The predicted molar refractivity (Wildman–Crippen MR) is 63.4 cm³/mol. The minimum atomic E-state index is -3.58. The normalized spacial score (nSPS) is 12.2. The van der Waals surface area contributed by atoms with Gasteiger partial charge in [-0.15, -0.1) is 0 Å². The summed E-state index contributed by atoms with van der Waals surface area (Å²) in [7, 11) is -3.58. The highest BCUT2D eigenvalue weighted by molar-refractivity contribution is 7.96. The average molecular weight is 252 g/mol. The minimum absolute atomic E-state index is 0.235. The van der Waals surface area contributed by atoms with E-state index in [0.717, 1.165) is 6.20 Å². The van der Waals surface area contributed by atoms with Crippen molar-refractivity contribution in [3.05, 3.63) is 29.6 Å². The van der Waals surface area contributed by atoms with Crippen molar-refractivity contribution in [3.63, 3.8) is 0 Å². The van der Waals surface area contributed by atoms with E-state index in [-0.39, 0.29) is 10.9 Å². The molecule has 0 radical (unpaired) electrons. The molecule has 0 saturated carbocycles. The Morgan fingerprint density at radius 2 is 2.06 bits per heavy atom. The van der Waals surface area contributed by atoms with Crippen molar-refractivity contribution in [2.45, 2.75) is 19.1 Å². The van der Waals surface area contributed by atoms with Crippen molar-refractivity contribution >= 4 is 15.8 Å². The lowest BCUT2D eigenvalue weighted by molar-refractivity contribution is 0.594. The van der Waals surface area contributed by atoms with Gasteiger partial charge >= 0.3 is 0 Å². The molecule has 1 rings (SSSR count). The Balaban J connectivity index is 2.95. The van der Waals surface area contributed by atoms with E-state index in [1.807, 2.05) is 0 Å². The fraction of sp³-hybridized carbons (Fsp3) is 0.300. The fourth-order valence-electron chi connectivity index (χ4n) is 0.936. The molecule has 90 valence electrons. The number of aromatic nitrogens is 2. The lowest BCUT2D eigenvalue weighted by atomic mass is 10.6. The van der Waals surface area contributed by atoms with Crippen LogP contribution in [-0.4, -0.2) is 23.6 Å². The summed E-state index contributed by atoms with van der Waals surface area (Å²) in [6, 6.07) is 3.28. The van der Waals surface area contributed by atoms with E-state index in [1.54, 1.807) is 12.1 Å². The molecule has 0 aliphatic rings. The highest BCUT2D eigenvalue weighted by Gasteiger charge is 2.22. The van der Waals surface area contributed by atoms with Gasteiger partial charge in [-0.25, -0.2) is 18.4 Å². The van der Waals surface area contributed by atoms with Crippen LogP contribution in [0, 0.1) is 11.3 Å². The monoisotopic (exact) mass is 252 g/mol. The quantitative estimate of drug-likeness (QED) is 0.805. The number of nitrogens with zero attached hydrogens (tertiary/aromatic N) is 3. The van der Waals surface area contributed by atoms with Gasteiger partial charge in [-0.2, -0.15) is 5.26 Å². The van der Waals surface area contributed by atoms with Crippen LogP contribution >= 0.6 is 0 Å². The molecule has 0 atom stereocenters. The summed E-state index contributed by atoms with van der Waals surface area (Å²) in [5.74, 6) is 0.235. The third-order valence-electron chi connectivity index (χ3n) is 1.94. The van der Waals surface area contributed by atoms with E-state index in [0.29, 0.717) is 0 Å². The summed E-state index contributed by atoms with van der Waals surface area (Å²) in [5, 5.41) is 10.7. The van der Waals surface area contributed by atoms with Crippen LogP contribution in [0.2, 0.25) is 0 Å². The lowest BCUT2D eigenvalue weighted by Gasteiger charge is -2.05. The molecule has 0 aromatic carbocycles. The molecular weight excluding hydrogens is 240 g/mol. The fourth-order valence-corrected chi connectivity index (χ4v) is 1.79. The van der Waals surface area contributed by atoms with E-state index >= 15 is 0 Å². The van der Waals surface area contributed by atoms with Crippen molar-refractivity contribution in [2.75, 3.05) is 5.32 Å². The predicted octanol–water partition coefficient (Wildman–Crippen LogP) is 1.08. The lowest BCUT2D eigenvalue weighted by Crippen LogP contribution is -2.16. The first-order valence-electron chi connectivity index (χ1n) is 4.86. The van der Waals surface area contributed by atoms with Gasteiger partial charge in [-0.3, -0.25) is 0 Å². The van der Waals surface area contributed by atoms with Crippen molar-refractivity contribution in [1.82, 2.24) is 9.97 Å². The Morgan fingerprint density at radius 3 is 2.53 bits per heavy atom. The van der Waals surface area contributed by atoms with Crippen molar-refractivity contribution < 1.29 is 8.42 Å².